The lowest BCUT2D eigenvalue weighted by molar-refractivity contribution is 0.232. The minimum absolute atomic E-state index is 0.667. The average molecular weight is 227 g/mol. The standard InChI is InChI=1S/C11H21N3S/c15-11(13-10-4-5-10)12-6-9-14-7-2-1-3-8-14/h10H,1-9H2,(H2,12,13,15). The van der Waals surface area contributed by atoms with Gasteiger partial charge >= 0.3 is 0 Å². The third kappa shape index (κ3) is 4.34. The lowest BCUT2D eigenvalue weighted by Crippen LogP contribution is -2.42. The molecule has 0 spiro atoms. The van der Waals surface area contributed by atoms with Crippen molar-refractivity contribution in [2.24, 2.45) is 0 Å². The van der Waals surface area contributed by atoms with Crippen LogP contribution in [0, 0.1) is 0 Å². The number of likely N-dealkylation sites (tertiary alicyclic amines) is 1. The van der Waals surface area contributed by atoms with Gasteiger partial charge in [0.2, 0.25) is 0 Å². The minimum Gasteiger partial charge on any atom is -0.361 e. The fourth-order valence-electron chi connectivity index (χ4n) is 1.97. The second-order valence-corrected chi connectivity index (χ2v) is 4.99. The summed E-state index contributed by atoms with van der Waals surface area (Å²) in [6.07, 6.45) is 6.71. The van der Waals surface area contributed by atoms with E-state index in [0.717, 1.165) is 18.2 Å². The number of thiocarbonyl (C=S) groups is 1. The largest absolute Gasteiger partial charge is 0.361 e. The molecule has 0 aromatic carbocycles. The highest BCUT2D eigenvalue weighted by atomic mass is 32.1. The normalized spacial score (nSPS) is 22.4. The maximum atomic E-state index is 5.20. The fraction of sp³-hybridized carbons (Fsp3) is 0.909. The molecule has 0 amide bonds. The maximum absolute atomic E-state index is 5.20. The van der Waals surface area contributed by atoms with E-state index >= 15 is 0 Å². The molecule has 0 atom stereocenters. The summed E-state index contributed by atoms with van der Waals surface area (Å²) in [5, 5.41) is 7.42. The zero-order valence-corrected chi connectivity index (χ0v) is 10.1. The summed E-state index contributed by atoms with van der Waals surface area (Å²) >= 11 is 5.20. The molecule has 0 bridgehead atoms. The van der Waals surface area contributed by atoms with Crippen LogP contribution in [0.3, 0.4) is 0 Å². The lowest BCUT2D eigenvalue weighted by Gasteiger charge is -2.26. The molecule has 1 saturated carbocycles. The topological polar surface area (TPSA) is 27.3 Å². The molecule has 2 N–H and O–H groups in total. The highest BCUT2D eigenvalue weighted by molar-refractivity contribution is 7.80. The first-order valence-corrected chi connectivity index (χ1v) is 6.52. The Bertz CT molecular complexity index is 210. The van der Waals surface area contributed by atoms with E-state index < -0.39 is 0 Å². The predicted octanol–water partition coefficient (Wildman–Crippen LogP) is 1.10. The molecular formula is C11H21N3S. The van der Waals surface area contributed by atoms with Crippen molar-refractivity contribution < 1.29 is 0 Å². The van der Waals surface area contributed by atoms with Crippen LogP contribution in [0.15, 0.2) is 0 Å². The highest BCUT2D eigenvalue weighted by Crippen LogP contribution is 2.18. The van der Waals surface area contributed by atoms with E-state index in [0.29, 0.717) is 6.04 Å². The lowest BCUT2D eigenvalue weighted by atomic mass is 10.1. The molecule has 0 radical (unpaired) electrons. The van der Waals surface area contributed by atoms with Gasteiger partial charge < -0.3 is 15.5 Å². The van der Waals surface area contributed by atoms with E-state index in [-0.39, 0.29) is 0 Å². The second kappa shape index (κ2) is 5.66. The van der Waals surface area contributed by atoms with Gasteiger partial charge in [-0.05, 0) is 51.0 Å². The van der Waals surface area contributed by atoms with Crippen molar-refractivity contribution in [2.75, 3.05) is 26.2 Å². The Balaban J connectivity index is 1.51. The summed E-state index contributed by atoms with van der Waals surface area (Å²) in [5.74, 6) is 0. The average Bonchev–Trinajstić information content (AvgIpc) is 3.03. The first-order valence-electron chi connectivity index (χ1n) is 6.11. The number of piperidine rings is 1. The van der Waals surface area contributed by atoms with Crippen molar-refractivity contribution >= 4 is 17.3 Å². The van der Waals surface area contributed by atoms with Crippen molar-refractivity contribution in [3.63, 3.8) is 0 Å². The SMILES string of the molecule is S=C(NCCN1CCCCC1)NC1CC1. The van der Waals surface area contributed by atoms with Crippen LogP contribution in [-0.2, 0) is 0 Å². The zero-order valence-electron chi connectivity index (χ0n) is 9.30. The highest BCUT2D eigenvalue weighted by Gasteiger charge is 2.21. The number of hydrogen-bond acceptors (Lipinski definition) is 2. The molecule has 1 aliphatic heterocycles. The van der Waals surface area contributed by atoms with Gasteiger partial charge in [-0.1, -0.05) is 6.42 Å². The molecule has 1 aliphatic carbocycles. The smallest absolute Gasteiger partial charge is 0.166 e. The molecule has 2 fully saturated rings. The number of nitrogens with one attached hydrogen (secondary N) is 2. The van der Waals surface area contributed by atoms with Gasteiger partial charge in [0.25, 0.3) is 0 Å². The van der Waals surface area contributed by atoms with Crippen molar-refractivity contribution in [2.45, 2.75) is 38.1 Å². The van der Waals surface area contributed by atoms with Crippen LogP contribution >= 0.6 is 12.2 Å². The third-order valence-corrected chi connectivity index (χ3v) is 3.34. The molecule has 2 aliphatic rings. The Morgan fingerprint density at radius 3 is 2.60 bits per heavy atom. The Kier molecular flexibility index (Phi) is 4.20. The summed E-state index contributed by atoms with van der Waals surface area (Å²) < 4.78 is 0. The van der Waals surface area contributed by atoms with E-state index in [9.17, 15) is 0 Å². The first kappa shape index (κ1) is 11.1. The second-order valence-electron chi connectivity index (χ2n) is 4.58. The third-order valence-electron chi connectivity index (χ3n) is 3.07. The van der Waals surface area contributed by atoms with Gasteiger partial charge in [0.15, 0.2) is 5.11 Å². The molecule has 0 aromatic rings. The van der Waals surface area contributed by atoms with E-state index in [1.165, 1.54) is 45.2 Å². The number of rotatable bonds is 4. The number of nitrogens with zero attached hydrogens (tertiary/aromatic N) is 1. The Morgan fingerprint density at radius 2 is 1.93 bits per heavy atom. The minimum atomic E-state index is 0.667. The first-order chi connectivity index (χ1) is 7.34. The molecule has 4 heteroatoms. The summed E-state index contributed by atoms with van der Waals surface area (Å²) in [4.78, 5) is 2.52. The monoisotopic (exact) mass is 227 g/mol. The van der Waals surface area contributed by atoms with Gasteiger partial charge in [-0.3, -0.25) is 0 Å². The molecule has 3 nitrogen and oxygen atoms in total. The molecule has 1 heterocycles. The predicted molar refractivity (Wildman–Crippen MR) is 67.0 cm³/mol. The van der Waals surface area contributed by atoms with Crippen molar-refractivity contribution in [3.8, 4) is 0 Å². The summed E-state index contributed by atoms with van der Waals surface area (Å²) in [6, 6.07) is 0.667. The van der Waals surface area contributed by atoms with E-state index in [1.807, 2.05) is 0 Å². The molecule has 86 valence electrons. The zero-order chi connectivity index (χ0) is 10.5. The van der Waals surface area contributed by atoms with Gasteiger partial charge in [0, 0.05) is 19.1 Å². The van der Waals surface area contributed by atoms with Crippen LogP contribution in [0.5, 0.6) is 0 Å². The van der Waals surface area contributed by atoms with E-state index in [4.69, 9.17) is 12.2 Å². The van der Waals surface area contributed by atoms with E-state index in [1.54, 1.807) is 0 Å². The van der Waals surface area contributed by atoms with Gasteiger partial charge in [-0.2, -0.15) is 0 Å². The molecule has 1 saturated heterocycles. The maximum Gasteiger partial charge on any atom is 0.166 e. The molecular weight excluding hydrogens is 206 g/mol. The van der Waals surface area contributed by atoms with Crippen LogP contribution in [0.25, 0.3) is 0 Å². The van der Waals surface area contributed by atoms with Crippen molar-refractivity contribution in [1.82, 2.24) is 15.5 Å². The van der Waals surface area contributed by atoms with Crippen LogP contribution in [-0.4, -0.2) is 42.2 Å². The molecule has 15 heavy (non-hydrogen) atoms. The van der Waals surface area contributed by atoms with Crippen LogP contribution in [0.4, 0.5) is 0 Å². The Labute approximate surface area is 97.6 Å². The molecule has 0 unspecified atom stereocenters. The van der Waals surface area contributed by atoms with Gasteiger partial charge in [0.05, 0.1) is 0 Å². The van der Waals surface area contributed by atoms with Gasteiger partial charge in [0.1, 0.15) is 0 Å². The Hall–Kier alpha value is -0.350. The fourth-order valence-corrected chi connectivity index (χ4v) is 2.24. The summed E-state index contributed by atoms with van der Waals surface area (Å²) in [7, 11) is 0. The van der Waals surface area contributed by atoms with Crippen molar-refractivity contribution in [1.29, 1.82) is 0 Å². The van der Waals surface area contributed by atoms with Gasteiger partial charge in [-0.15, -0.1) is 0 Å². The molecule has 2 rings (SSSR count). The molecule has 0 aromatic heterocycles. The summed E-state index contributed by atoms with van der Waals surface area (Å²) in [5.41, 5.74) is 0. The Morgan fingerprint density at radius 1 is 1.20 bits per heavy atom. The number of hydrogen-bond donors (Lipinski definition) is 2. The summed E-state index contributed by atoms with van der Waals surface area (Å²) in [6.45, 7) is 4.65. The van der Waals surface area contributed by atoms with Crippen LogP contribution in [0.1, 0.15) is 32.1 Å². The van der Waals surface area contributed by atoms with Crippen molar-refractivity contribution in [3.05, 3.63) is 0 Å². The van der Waals surface area contributed by atoms with E-state index in [2.05, 4.69) is 15.5 Å². The quantitative estimate of drug-likeness (QED) is 0.703. The van der Waals surface area contributed by atoms with Gasteiger partial charge in [-0.25, -0.2) is 0 Å². The van der Waals surface area contributed by atoms with Crippen LogP contribution < -0.4 is 10.6 Å². The van der Waals surface area contributed by atoms with Crippen LogP contribution in [0.2, 0.25) is 0 Å².